The Bertz CT molecular complexity index is 987. The summed E-state index contributed by atoms with van der Waals surface area (Å²) in [5.41, 5.74) is 2.70. The number of nitrogens with one attached hydrogen (secondary N) is 1. The second-order valence-corrected chi connectivity index (χ2v) is 10.3. The Hall–Kier alpha value is -2.06. The largest absolute Gasteiger partial charge is 0.283 e. The lowest BCUT2D eigenvalue weighted by Crippen LogP contribution is -2.25. The van der Waals surface area contributed by atoms with Crippen LogP contribution in [0.25, 0.3) is 0 Å². The molecule has 2 aromatic rings. The molecule has 26 heavy (non-hydrogen) atoms. The van der Waals surface area contributed by atoms with Crippen LogP contribution in [0, 0.1) is 6.92 Å². The summed E-state index contributed by atoms with van der Waals surface area (Å²) in [5.74, 6) is 0.138. The molecule has 1 fully saturated rings. The highest BCUT2D eigenvalue weighted by Gasteiger charge is 2.28. The monoisotopic (exact) mass is 394 g/mol. The van der Waals surface area contributed by atoms with Gasteiger partial charge in [-0.25, -0.2) is 16.8 Å². The molecule has 0 atom stereocenters. The molecule has 8 heteroatoms. The van der Waals surface area contributed by atoms with Gasteiger partial charge in [0.1, 0.15) is 0 Å². The molecule has 0 bridgehead atoms. The minimum Gasteiger partial charge on any atom is -0.283 e. The van der Waals surface area contributed by atoms with E-state index < -0.39 is 20.0 Å². The zero-order valence-corrected chi connectivity index (χ0v) is 16.2. The molecule has 0 aliphatic carbocycles. The van der Waals surface area contributed by atoms with Gasteiger partial charge >= 0.3 is 0 Å². The van der Waals surface area contributed by atoms with Crippen LogP contribution in [0.2, 0.25) is 0 Å². The maximum Gasteiger partial charge on any atom is 0.235 e. The maximum atomic E-state index is 12.4. The van der Waals surface area contributed by atoms with E-state index in [4.69, 9.17) is 0 Å². The summed E-state index contributed by atoms with van der Waals surface area (Å²) in [6.45, 7) is 2.23. The number of aryl methyl sites for hydroxylation is 2. The third kappa shape index (κ3) is 4.37. The van der Waals surface area contributed by atoms with Crippen molar-refractivity contribution in [3.8, 4) is 0 Å². The molecule has 1 aliphatic heterocycles. The van der Waals surface area contributed by atoms with E-state index in [1.165, 1.54) is 4.31 Å². The average Bonchev–Trinajstić information content (AvgIpc) is 2.95. The Morgan fingerprint density at radius 2 is 1.85 bits per heavy atom. The number of rotatable bonds is 6. The quantitative estimate of drug-likeness (QED) is 0.816. The van der Waals surface area contributed by atoms with Crippen LogP contribution < -0.4 is 9.03 Å². The Morgan fingerprint density at radius 1 is 1.12 bits per heavy atom. The van der Waals surface area contributed by atoms with E-state index in [2.05, 4.69) is 4.72 Å². The standard InChI is InChI=1S/C18H22N2O4S2/c1-15-14-17(20-11-5-12-26(20,23)24)8-9-18(15)19-25(21,22)13-10-16-6-3-2-4-7-16/h2-4,6-9,14,19H,5,10-13H2,1H3. The van der Waals surface area contributed by atoms with Crippen LogP contribution in [0.4, 0.5) is 11.4 Å². The van der Waals surface area contributed by atoms with Gasteiger partial charge in [-0.15, -0.1) is 0 Å². The zero-order chi connectivity index (χ0) is 18.8. The predicted molar refractivity (Wildman–Crippen MR) is 104 cm³/mol. The fourth-order valence-corrected chi connectivity index (χ4v) is 5.69. The first kappa shape index (κ1) is 18.7. The van der Waals surface area contributed by atoms with Crippen LogP contribution in [-0.4, -0.2) is 34.9 Å². The molecule has 1 heterocycles. The second-order valence-electron chi connectivity index (χ2n) is 6.40. The Morgan fingerprint density at radius 3 is 2.46 bits per heavy atom. The Kier molecular flexibility index (Phi) is 5.24. The molecule has 0 spiro atoms. The molecule has 0 aromatic heterocycles. The molecule has 0 amide bonds. The molecule has 0 radical (unpaired) electrons. The van der Waals surface area contributed by atoms with Crippen LogP contribution in [0.1, 0.15) is 17.5 Å². The smallest absolute Gasteiger partial charge is 0.235 e. The van der Waals surface area contributed by atoms with Gasteiger partial charge in [0.15, 0.2) is 0 Å². The minimum atomic E-state index is -3.49. The Balaban J connectivity index is 1.71. The second kappa shape index (κ2) is 7.28. The zero-order valence-electron chi connectivity index (χ0n) is 14.6. The van der Waals surface area contributed by atoms with Gasteiger partial charge < -0.3 is 0 Å². The summed E-state index contributed by atoms with van der Waals surface area (Å²) >= 11 is 0. The van der Waals surface area contributed by atoms with E-state index in [1.807, 2.05) is 30.3 Å². The molecular weight excluding hydrogens is 372 g/mol. The summed E-state index contributed by atoms with van der Waals surface area (Å²) in [6, 6.07) is 14.4. The van der Waals surface area contributed by atoms with Crippen molar-refractivity contribution in [1.82, 2.24) is 0 Å². The van der Waals surface area contributed by atoms with Crippen LogP contribution in [-0.2, 0) is 26.5 Å². The van der Waals surface area contributed by atoms with Gasteiger partial charge in [-0.2, -0.15) is 0 Å². The van der Waals surface area contributed by atoms with Gasteiger partial charge in [0.2, 0.25) is 20.0 Å². The van der Waals surface area contributed by atoms with Crippen molar-refractivity contribution in [2.45, 2.75) is 19.8 Å². The lowest BCUT2D eigenvalue weighted by atomic mass is 10.2. The van der Waals surface area contributed by atoms with Crippen LogP contribution >= 0.6 is 0 Å². The van der Waals surface area contributed by atoms with E-state index in [0.717, 1.165) is 5.56 Å². The topological polar surface area (TPSA) is 83.6 Å². The molecule has 140 valence electrons. The number of sulfonamides is 2. The lowest BCUT2D eigenvalue weighted by molar-refractivity contribution is 0.598. The number of anilines is 2. The van der Waals surface area contributed by atoms with Crippen molar-refractivity contribution < 1.29 is 16.8 Å². The van der Waals surface area contributed by atoms with Crippen molar-refractivity contribution in [3.05, 3.63) is 59.7 Å². The van der Waals surface area contributed by atoms with Gasteiger partial charge in [-0.3, -0.25) is 9.03 Å². The van der Waals surface area contributed by atoms with Crippen LogP contribution in [0.5, 0.6) is 0 Å². The number of nitrogens with zero attached hydrogens (tertiary/aromatic N) is 1. The molecule has 6 nitrogen and oxygen atoms in total. The van der Waals surface area contributed by atoms with Gasteiger partial charge in [0, 0.05) is 6.54 Å². The summed E-state index contributed by atoms with van der Waals surface area (Å²) in [5, 5.41) is 0. The SMILES string of the molecule is Cc1cc(N2CCCS2(=O)=O)ccc1NS(=O)(=O)CCc1ccccc1. The van der Waals surface area contributed by atoms with Gasteiger partial charge in [-0.1, -0.05) is 30.3 Å². The van der Waals surface area contributed by atoms with Gasteiger partial charge in [0.05, 0.1) is 22.9 Å². The molecule has 1 saturated heterocycles. The average molecular weight is 395 g/mol. The van der Waals surface area contributed by atoms with Crippen molar-refractivity contribution in [3.63, 3.8) is 0 Å². The lowest BCUT2D eigenvalue weighted by Gasteiger charge is -2.19. The highest BCUT2D eigenvalue weighted by atomic mass is 32.2. The highest BCUT2D eigenvalue weighted by Crippen LogP contribution is 2.28. The van der Waals surface area contributed by atoms with Crippen molar-refractivity contribution in [2.75, 3.05) is 27.1 Å². The van der Waals surface area contributed by atoms with Crippen molar-refractivity contribution in [2.24, 2.45) is 0 Å². The van der Waals surface area contributed by atoms with Crippen molar-refractivity contribution >= 4 is 31.4 Å². The first-order valence-electron chi connectivity index (χ1n) is 8.42. The third-order valence-corrected chi connectivity index (χ3v) is 7.51. The van der Waals surface area contributed by atoms with E-state index in [-0.39, 0.29) is 11.5 Å². The molecule has 0 unspecified atom stereocenters. The molecule has 1 N–H and O–H groups in total. The maximum absolute atomic E-state index is 12.4. The predicted octanol–water partition coefficient (Wildman–Crippen LogP) is 2.52. The fourth-order valence-electron chi connectivity index (χ4n) is 2.96. The Labute approximate surface area is 155 Å². The molecular formula is C18H22N2O4S2. The molecule has 0 saturated carbocycles. The van der Waals surface area contributed by atoms with Gasteiger partial charge in [0.25, 0.3) is 0 Å². The number of benzene rings is 2. The van der Waals surface area contributed by atoms with E-state index >= 15 is 0 Å². The summed E-state index contributed by atoms with van der Waals surface area (Å²) in [6.07, 6.45) is 1.04. The fraction of sp³-hybridized carbons (Fsp3) is 0.333. The van der Waals surface area contributed by atoms with Gasteiger partial charge in [-0.05, 0) is 49.1 Å². The third-order valence-electron chi connectivity index (χ3n) is 4.36. The van der Waals surface area contributed by atoms with E-state index in [0.29, 0.717) is 36.3 Å². The highest BCUT2D eigenvalue weighted by molar-refractivity contribution is 7.93. The summed E-state index contributed by atoms with van der Waals surface area (Å²) in [7, 11) is -6.74. The normalized spacial score (nSPS) is 16.6. The van der Waals surface area contributed by atoms with Crippen molar-refractivity contribution in [1.29, 1.82) is 0 Å². The first-order chi connectivity index (χ1) is 12.3. The van der Waals surface area contributed by atoms with Crippen LogP contribution in [0.3, 0.4) is 0 Å². The minimum absolute atomic E-state index is 0.0152. The summed E-state index contributed by atoms with van der Waals surface area (Å²) < 4.78 is 52.7. The first-order valence-corrected chi connectivity index (χ1v) is 11.7. The number of hydrogen-bond acceptors (Lipinski definition) is 4. The van der Waals surface area contributed by atoms with E-state index in [9.17, 15) is 16.8 Å². The molecule has 1 aliphatic rings. The molecule has 3 rings (SSSR count). The van der Waals surface area contributed by atoms with Crippen LogP contribution in [0.15, 0.2) is 48.5 Å². The summed E-state index contributed by atoms with van der Waals surface area (Å²) in [4.78, 5) is 0. The molecule has 2 aromatic carbocycles. The number of hydrogen-bond donors (Lipinski definition) is 1. The van der Waals surface area contributed by atoms with E-state index in [1.54, 1.807) is 25.1 Å².